The minimum atomic E-state index is -0.127. The number of nitrogens with two attached hydrogens (primary N) is 1. The van der Waals surface area contributed by atoms with E-state index in [4.69, 9.17) is 5.73 Å². The molecule has 108 valence electrons. The van der Waals surface area contributed by atoms with Gasteiger partial charge in [0.15, 0.2) is 0 Å². The molecule has 0 amide bonds. The molecule has 0 spiro atoms. The maximum Gasteiger partial charge on any atom is 0.146 e. The van der Waals surface area contributed by atoms with Crippen LogP contribution in [0.3, 0.4) is 0 Å². The second kappa shape index (κ2) is 7.68. The molecule has 0 saturated carbocycles. The minimum Gasteiger partial charge on any atom is -0.367 e. The van der Waals surface area contributed by atoms with E-state index in [1.807, 2.05) is 12.1 Å². The number of hydrogen-bond donors (Lipinski definition) is 2. The Morgan fingerprint density at radius 3 is 2.63 bits per heavy atom. The Balaban J connectivity index is 0.00000180. The molecule has 1 unspecified atom stereocenters. The zero-order chi connectivity index (χ0) is 13.0. The van der Waals surface area contributed by atoms with Crippen LogP contribution in [0.15, 0.2) is 18.2 Å². The van der Waals surface area contributed by atoms with Gasteiger partial charge in [-0.25, -0.2) is 4.39 Å². The second-order valence-corrected chi connectivity index (χ2v) is 4.90. The molecule has 3 N–H and O–H groups in total. The number of nitrogens with one attached hydrogen (secondary N) is 1. The predicted octanol–water partition coefficient (Wildman–Crippen LogP) is 1.94. The normalized spacial score (nSPS) is 16.9. The second-order valence-electron chi connectivity index (χ2n) is 4.90. The number of benzene rings is 1. The molecule has 2 rings (SSSR count). The number of anilines is 1. The summed E-state index contributed by atoms with van der Waals surface area (Å²) in [5.74, 6) is -0.127. The third kappa shape index (κ3) is 4.34. The molecule has 1 aromatic carbocycles. The molecular weight excluding hydrogens is 265 g/mol. The van der Waals surface area contributed by atoms with Crippen LogP contribution in [0.1, 0.15) is 18.9 Å². The van der Waals surface area contributed by atoms with E-state index in [1.54, 1.807) is 6.07 Å². The summed E-state index contributed by atoms with van der Waals surface area (Å²) in [7, 11) is 0. The van der Waals surface area contributed by atoms with Crippen LogP contribution in [0.5, 0.6) is 0 Å². The summed E-state index contributed by atoms with van der Waals surface area (Å²) in [6, 6.07) is 5.63. The van der Waals surface area contributed by atoms with E-state index in [1.165, 1.54) is 0 Å². The van der Waals surface area contributed by atoms with Gasteiger partial charge >= 0.3 is 0 Å². The Morgan fingerprint density at radius 1 is 1.37 bits per heavy atom. The summed E-state index contributed by atoms with van der Waals surface area (Å²) in [4.78, 5) is 2.09. The highest BCUT2D eigenvalue weighted by Gasteiger charge is 2.15. The van der Waals surface area contributed by atoms with Crippen LogP contribution in [0.25, 0.3) is 0 Å². The van der Waals surface area contributed by atoms with Crippen molar-refractivity contribution in [2.45, 2.75) is 25.8 Å². The molecule has 5 heteroatoms. The van der Waals surface area contributed by atoms with E-state index in [0.717, 1.165) is 44.6 Å². The molecule has 1 aliphatic heterocycles. The van der Waals surface area contributed by atoms with Crippen LogP contribution >= 0.6 is 12.4 Å². The van der Waals surface area contributed by atoms with Crippen LogP contribution in [-0.2, 0) is 6.42 Å². The molecule has 1 aromatic rings. The summed E-state index contributed by atoms with van der Waals surface area (Å²) in [6.07, 6.45) is 1.66. The number of hydrogen-bond acceptors (Lipinski definition) is 3. The molecule has 1 fully saturated rings. The van der Waals surface area contributed by atoms with Crippen LogP contribution in [0, 0.1) is 5.82 Å². The molecule has 0 radical (unpaired) electrons. The molecule has 1 heterocycles. The number of piperazine rings is 1. The average Bonchev–Trinajstić information content (AvgIpc) is 2.40. The van der Waals surface area contributed by atoms with E-state index >= 15 is 0 Å². The van der Waals surface area contributed by atoms with E-state index in [9.17, 15) is 4.39 Å². The zero-order valence-electron chi connectivity index (χ0n) is 11.4. The standard InChI is InChI=1S/C14H22FN3.ClH/c1-2-12(16)9-11-3-4-14(13(15)10-11)18-7-5-17-6-8-18;/h3-4,10,12,17H,2,5-9,16H2,1H3;1H. The van der Waals surface area contributed by atoms with Gasteiger partial charge < -0.3 is 16.0 Å². The van der Waals surface area contributed by atoms with E-state index in [0.29, 0.717) is 5.69 Å². The fourth-order valence-electron chi connectivity index (χ4n) is 2.29. The quantitative estimate of drug-likeness (QED) is 0.889. The fraction of sp³-hybridized carbons (Fsp3) is 0.571. The minimum absolute atomic E-state index is 0. The van der Waals surface area contributed by atoms with Crippen molar-refractivity contribution >= 4 is 18.1 Å². The van der Waals surface area contributed by atoms with Gasteiger partial charge in [-0.15, -0.1) is 12.4 Å². The van der Waals surface area contributed by atoms with Crippen LogP contribution < -0.4 is 16.0 Å². The first-order chi connectivity index (χ1) is 8.70. The number of nitrogens with zero attached hydrogens (tertiary/aromatic N) is 1. The lowest BCUT2D eigenvalue weighted by Crippen LogP contribution is -2.43. The highest BCUT2D eigenvalue weighted by molar-refractivity contribution is 5.85. The number of halogens is 2. The Kier molecular flexibility index (Phi) is 6.55. The van der Waals surface area contributed by atoms with Crippen molar-refractivity contribution < 1.29 is 4.39 Å². The molecule has 1 atom stereocenters. The topological polar surface area (TPSA) is 41.3 Å². The van der Waals surface area contributed by atoms with Gasteiger partial charge in [0, 0.05) is 32.2 Å². The predicted molar refractivity (Wildman–Crippen MR) is 80.7 cm³/mol. The molecule has 0 aliphatic carbocycles. The first-order valence-electron chi connectivity index (χ1n) is 6.70. The summed E-state index contributed by atoms with van der Waals surface area (Å²) in [5, 5.41) is 3.27. The monoisotopic (exact) mass is 287 g/mol. The van der Waals surface area contributed by atoms with Gasteiger partial charge in [0.25, 0.3) is 0 Å². The summed E-state index contributed by atoms with van der Waals surface area (Å²) in [5.41, 5.74) is 7.59. The Labute approximate surface area is 120 Å². The largest absolute Gasteiger partial charge is 0.367 e. The van der Waals surface area contributed by atoms with Gasteiger partial charge in [0.05, 0.1) is 5.69 Å². The first-order valence-corrected chi connectivity index (χ1v) is 6.70. The first kappa shape index (κ1) is 16.2. The maximum absolute atomic E-state index is 14.1. The molecular formula is C14H23ClFN3. The highest BCUT2D eigenvalue weighted by atomic mass is 35.5. The Hall–Kier alpha value is -0.840. The maximum atomic E-state index is 14.1. The lowest BCUT2D eigenvalue weighted by molar-refractivity contribution is 0.564. The molecule has 0 aromatic heterocycles. The van der Waals surface area contributed by atoms with Crippen LogP contribution in [-0.4, -0.2) is 32.2 Å². The number of rotatable bonds is 4. The Morgan fingerprint density at radius 2 is 2.05 bits per heavy atom. The van der Waals surface area contributed by atoms with Gasteiger partial charge in [-0.2, -0.15) is 0 Å². The van der Waals surface area contributed by atoms with Crippen molar-refractivity contribution in [2.24, 2.45) is 5.73 Å². The van der Waals surface area contributed by atoms with Crippen molar-refractivity contribution in [3.05, 3.63) is 29.6 Å². The van der Waals surface area contributed by atoms with Gasteiger partial charge in [-0.3, -0.25) is 0 Å². The molecule has 3 nitrogen and oxygen atoms in total. The summed E-state index contributed by atoms with van der Waals surface area (Å²) < 4.78 is 14.1. The van der Waals surface area contributed by atoms with Gasteiger partial charge in [-0.1, -0.05) is 13.0 Å². The van der Waals surface area contributed by atoms with Gasteiger partial charge in [0.1, 0.15) is 5.82 Å². The van der Waals surface area contributed by atoms with E-state index < -0.39 is 0 Å². The van der Waals surface area contributed by atoms with Crippen LogP contribution in [0.4, 0.5) is 10.1 Å². The Bertz CT molecular complexity index is 394. The van der Waals surface area contributed by atoms with Crippen molar-refractivity contribution in [1.29, 1.82) is 0 Å². The summed E-state index contributed by atoms with van der Waals surface area (Å²) >= 11 is 0. The van der Waals surface area contributed by atoms with Crippen LogP contribution in [0.2, 0.25) is 0 Å². The highest BCUT2D eigenvalue weighted by Crippen LogP contribution is 2.21. The fourth-order valence-corrected chi connectivity index (χ4v) is 2.29. The zero-order valence-corrected chi connectivity index (χ0v) is 12.2. The van der Waals surface area contributed by atoms with Crippen molar-refractivity contribution in [1.82, 2.24) is 5.32 Å². The summed E-state index contributed by atoms with van der Waals surface area (Å²) in [6.45, 7) is 5.62. The van der Waals surface area contributed by atoms with Gasteiger partial charge in [-0.05, 0) is 30.5 Å². The molecule has 19 heavy (non-hydrogen) atoms. The smallest absolute Gasteiger partial charge is 0.146 e. The molecule has 1 aliphatic rings. The SMILES string of the molecule is CCC(N)Cc1ccc(N2CCNCC2)c(F)c1.Cl. The average molecular weight is 288 g/mol. The van der Waals surface area contributed by atoms with E-state index in [2.05, 4.69) is 17.1 Å². The lowest BCUT2D eigenvalue weighted by Gasteiger charge is -2.29. The van der Waals surface area contributed by atoms with E-state index in [-0.39, 0.29) is 24.3 Å². The molecule has 1 saturated heterocycles. The van der Waals surface area contributed by atoms with Gasteiger partial charge in [0.2, 0.25) is 0 Å². The third-order valence-electron chi connectivity index (χ3n) is 3.49. The van der Waals surface area contributed by atoms with Crippen molar-refractivity contribution in [3.8, 4) is 0 Å². The third-order valence-corrected chi connectivity index (χ3v) is 3.49. The molecule has 0 bridgehead atoms. The van der Waals surface area contributed by atoms with Crippen molar-refractivity contribution in [3.63, 3.8) is 0 Å². The lowest BCUT2D eigenvalue weighted by atomic mass is 10.0. The van der Waals surface area contributed by atoms with Crippen molar-refractivity contribution in [2.75, 3.05) is 31.1 Å².